The highest BCUT2D eigenvalue weighted by Gasteiger charge is 2.25. The molecule has 0 N–H and O–H groups in total. The highest BCUT2D eigenvalue weighted by Crippen LogP contribution is 2.41. The Bertz CT molecular complexity index is 222. The summed E-state index contributed by atoms with van der Waals surface area (Å²) in [5.41, 5.74) is 0. The van der Waals surface area contributed by atoms with Crippen molar-refractivity contribution in [2.75, 3.05) is 0 Å². The van der Waals surface area contributed by atoms with Gasteiger partial charge in [0.2, 0.25) is 0 Å². The molecule has 0 heterocycles. The molecule has 7 heteroatoms. The van der Waals surface area contributed by atoms with E-state index in [-0.39, 0.29) is 19.3 Å². The summed E-state index contributed by atoms with van der Waals surface area (Å²) in [4.78, 5) is 32.9. The average molecular weight is 250 g/mol. The molecule has 0 aromatic heterocycles. The fourth-order valence-corrected chi connectivity index (χ4v) is 1.50. The van der Waals surface area contributed by atoms with Crippen LogP contribution in [0.15, 0.2) is 0 Å². The van der Waals surface area contributed by atoms with Crippen molar-refractivity contribution in [2.24, 2.45) is 0 Å². The Hall–Kier alpha value is -1.16. The molecular weight excluding hydrogens is 235 g/mol. The van der Waals surface area contributed by atoms with Crippen LogP contribution in [0.5, 0.6) is 0 Å². The number of carbonyl (C=O) groups excluding carboxylic acids is 3. The van der Waals surface area contributed by atoms with Crippen LogP contribution in [0, 0.1) is 0 Å². The summed E-state index contributed by atoms with van der Waals surface area (Å²) in [6.07, 6.45) is 0.352. The molecule has 0 aliphatic heterocycles. The van der Waals surface area contributed by atoms with Crippen LogP contribution in [0.4, 0.5) is 0 Å². The maximum Gasteiger partial charge on any atom is 0.537 e. The molecule has 0 rings (SSSR count). The fraction of sp³-hybridized carbons (Fsp3) is 0.667. The van der Waals surface area contributed by atoms with E-state index in [1.165, 1.54) is 0 Å². The van der Waals surface area contributed by atoms with E-state index in [4.69, 9.17) is 0 Å². The van der Waals surface area contributed by atoms with E-state index in [1.54, 1.807) is 20.8 Å². The van der Waals surface area contributed by atoms with E-state index >= 15 is 0 Å². The van der Waals surface area contributed by atoms with Gasteiger partial charge in [0.15, 0.2) is 0 Å². The van der Waals surface area contributed by atoms with Gasteiger partial charge < -0.3 is 13.6 Å². The van der Waals surface area contributed by atoms with Crippen LogP contribution in [0.3, 0.4) is 0 Å². The van der Waals surface area contributed by atoms with Crippen LogP contribution >= 0.6 is 8.60 Å². The van der Waals surface area contributed by atoms with E-state index in [2.05, 4.69) is 13.6 Å². The Kier molecular flexibility index (Phi) is 7.46. The van der Waals surface area contributed by atoms with Gasteiger partial charge in [-0.1, -0.05) is 20.8 Å². The minimum Gasteiger partial charge on any atom is -0.375 e. The summed E-state index contributed by atoms with van der Waals surface area (Å²) in [5.74, 6) is -1.75. The maximum atomic E-state index is 11.0. The molecule has 0 aliphatic rings. The van der Waals surface area contributed by atoms with Crippen molar-refractivity contribution in [2.45, 2.75) is 40.0 Å². The monoisotopic (exact) mass is 250 g/mol. The highest BCUT2D eigenvalue weighted by molar-refractivity contribution is 7.43. The van der Waals surface area contributed by atoms with E-state index in [0.717, 1.165) is 0 Å². The van der Waals surface area contributed by atoms with Crippen molar-refractivity contribution in [3.05, 3.63) is 0 Å². The van der Waals surface area contributed by atoms with Gasteiger partial charge in [0.25, 0.3) is 0 Å². The van der Waals surface area contributed by atoms with Gasteiger partial charge in [0.1, 0.15) is 0 Å². The number of rotatable bonds is 6. The van der Waals surface area contributed by atoms with Crippen LogP contribution in [-0.2, 0) is 28.0 Å². The molecular formula is C9H15O6P. The lowest BCUT2D eigenvalue weighted by Gasteiger charge is -2.13. The molecule has 0 atom stereocenters. The predicted octanol–water partition coefficient (Wildman–Crippen LogP) is 2.07. The van der Waals surface area contributed by atoms with Crippen molar-refractivity contribution in [3.8, 4) is 0 Å². The largest absolute Gasteiger partial charge is 0.537 e. The predicted molar refractivity (Wildman–Crippen MR) is 56.1 cm³/mol. The Labute approximate surface area is 95.2 Å². The highest BCUT2D eigenvalue weighted by atomic mass is 31.2. The summed E-state index contributed by atoms with van der Waals surface area (Å²) >= 11 is 0. The molecule has 0 aliphatic carbocycles. The summed E-state index contributed by atoms with van der Waals surface area (Å²) in [6.45, 7) is 4.75. The van der Waals surface area contributed by atoms with Crippen molar-refractivity contribution in [1.82, 2.24) is 0 Å². The molecule has 6 nitrogen and oxygen atoms in total. The molecule has 0 fully saturated rings. The summed E-state index contributed by atoms with van der Waals surface area (Å²) in [7, 11) is -2.24. The zero-order valence-corrected chi connectivity index (χ0v) is 10.4. The Morgan fingerprint density at radius 3 is 1.19 bits per heavy atom. The zero-order chi connectivity index (χ0) is 12.6. The fourth-order valence-electron chi connectivity index (χ4n) is 0.499. The van der Waals surface area contributed by atoms with Crippen LogP contribution in [0.25, 0.3) is 0 Å². The van der Waals surface area contributed by atoms with Crippen LogP contribution in [-0.4, -0.2) is 17.9 Å². The number of carbonyl (C=O) groups is 3. The van der Waals surface area contributed by atoms with E-state index in [9.17, 15) is 14.4 Å². The molecule has 0 unspecified atom stereocenters. The van der Waals surface area contributed by atoms with Gasteiger partial charge in [-0.15, -0.1) is 0 Å². The van der Waals surface area contributed by atoms with Crippen LogP contribution in [0.2, 0.25) is 0 Å². The van der Waals surface area contributed by atoms with Crippen molar-refractivity contribution in [3.63, 3.8) is 0 Å². The molecule has 0 saturated carbocycles. The average Bonchev–Trinajstić information content (AvgIpc) is 2.28. The summed E-state index contributed by atoms with van der Waals surface area (Å²) < 4.78 is 14.1. The van der Waals surface area contributed by atoms with Crippen molar-refractivity contribution in [1.29, 1.82) is 0 Å². The summed E-state index contributed by atoms with van der Waals surface area (Å²) in [5, 5.41) is 0. The van der Waals surface area contributed by atoms with E-state index in [0.29, 0.717) is 0 Å². The first kappa shape index (κ1) is 14.8. The van der Waals surface area contributed by atoms with Gasteiger partial charge in [-0.25, -0.2) is 0 Å². The second kappa shape index (κ2) is 8.05. The van der Waals surface area contributed by atoms with Gasteiger partial charge in [0.05, 0.1) is 0 Å². The van der Waals surface area contributed by atoms with Gasteiger partial charge >= 0.3 is 26.5 Å². The standard InChI is InChI=1S/C9H15O6P/c1-4-7(10)13-16(14-8(11)5-2)15-9(12)6-3/h4-6H2,1-3H3. The first-order chi connectivity index (χ1) is 7.53. The quantitative estimate of drug-likeness (QED) is 0.671. The lowest BCUT2D eigenvalue weighted by molar-refractivity contribution is -0.142. The Morgan fingerprint density at radius 1 is 0.750 bits per heavy atom. The third-order valence-electron chi connectivity index (χ3n) is 1.40. The second-order valence-corrected chi connectivity index (χ2v) is 3.67. The molecule has 0 aromatic carbocycles. The lowest BCUT2D eigenvalue weighted by atomic mass is 10.5. The molecule has 16 heavy (non-hydrogen) atoms. The van der Waals surface area contributed by atoms with Gasteiger partial charge in [0, 0.05) is 19.3 Å². The Morgan fingerprint density at radius 2 is 1.00 bits per heavy atom. The molecule has 0 saturated heterocycles. The molecule has 0 spiro atoms. The smallest absolute Gasteiger partial charge is 0.375 e. The minimum atomic E-state index is -2.24. The third kappa shape index (κ3) is 6.35. The van der Waals surface area contributed by atoms with Gasteiger partial charge in [-0.2, -0.15) is 0 Å². The first-order valence-electron chi connectivity index (χ1n) is 4.95. The Balaban J connectivity index is 4.31. The van der Waals surface area contributed by atoms with Gasteiger partial charge in [-0.3, -0.25) is 14.4 Å². The van der Waals surface area contributed by atoms with Crippen LogP contribution in [0.1, 0.15) is 40.0 Å². The van der Waals surface area contributed by atoms with Gasteiger partial charge in [-0.05, 0) is 0 Å². The SMILES string of the molecule is CCC(=O)OP(OC(=O)CC)OC(=O)CC. The number of hydrogen-bond donors (Lipinski definition) is 0. The first-order valence-corrected chi connectivity index (χ1v) is 6.05. The molecule has 0 radical (unpaired) electrons. The number of hydrogen-bond acceptors (Lipinski definition) is 6. The van der Waals surface area contributed by atoms with E-state index < -0.39 is 26.5 Å². The maximum absolute atomic E-state index is 11.0. The van der Waals surface area contributed by atoms with Crippen LogP contribution < -0.4 is 0 Å². The van der Waals surface area contributed by atoms with E-state index in [1.807, 2.05) is 0 Å². The molecule has 0 amide bonds. The normalized spacial score (nSPS) is 9.75. The topological polar surface area (TPSA) is 78.9 Å². The second-order valence-electron chi connectivity index (χ2n) is 2.67. The molecule has 0 aromatic rings. The molecule has 92 valence electrons. The van der Waals surface area contributed by atoms with Crippen molar-refractivity contribution < 1.29 is 28.0 Å². The minimum absolute atomic E-state index is 0.117. The molecule has 0 bridgehead atoms. The lowest BCUT2D eigenvalue weighted by Crippen LogP contribution is -2.09. The zero-order valence-electron chi connectivity index (χ0n) is 9.52. The van der Waals surface area contributed by atoms with Crippen molar-refractivity contribution >= 4 is 26.5 Å². The summed E-state index contributed by atoms with van der Waals surface area (Å²) in [6, 6.07) is 0. The third-order valence-corrected chi connectivity index (χ3v) is 2.45.